The Morgan fingerprint density at radius 1 is 1.61 bits per heavy atom. The summed E-state index contributed by atoms with van der Waals surface area (Å²) in [5.41, 5.74) is 0. The first-order chi connectivity index (χ1) is 8.39. The number of thioether (sulfide) groups is 1. The number of halogens is 3. The molecule has 2 atom stereocenters. The summed E-state index contributed by atoms with van der Waals surface area (Å²) >= 11 is 12.6. The molecule has 0 bridgehead atoms. The maximum atomic E-state index is 4.36. The van der Waals surface area contributed by atoms with E-state index in [0.29, 0.717) is 0 Å². The van der Waals surface area contributed by atoms with Crippen molar-refractivity contribution in [3.8, 4) is 0 Å². The highest BCUT2D eigenvalue weighted by Gasteiger charge is 2.40. The monoisotopic (exact) mass is 461 g/mol. The fourth-order valence-electron chi connectivity index (χ4n) is 1.65. The Labute approximate surface area is 136 Å². The molecule has 2 heterocycles. The number of nitrogens with zero attached hydrogens (tertiary/aromatic N) is 2. The molecule has 2 rings (SSSR count). The van der Waals surface area contributed by atoms with Crippen LogP contribution in [0.5, 0.6) is 0 Å². The first-order valence-electron chi connectivity index (χ1n) is 5.61. The van der Waals surface area contributed by atoms with Crippen LogP contribution in [-0.2, 0) is 6.54 Å². The van der Waals surface area contributed by atoms with Gasteiger partial charge in [-0.15, -0.1) is 5.10 Å². The molecule has 1 aliphatic heterocycles. The van der Waals surface area contributed by atoms with Crippen LogP contribution in [0.2, 0.25) is 0 Å². The molecule has 0 aliphatic carbocycles. The van der Waals surface area contributed by atoms with Crippen molar-refractivity contribution < 1.29 is 4.57 Å². The molecule has 0 radical (unpaired) electrons. The van der Waals surface area contributed by atoms with Crippen molar-refractivity contribution in [2.24, 2.45) is 0 Å². The third kappa shape index (κ3) is 3.24. The highest BCUT2D eigenvalue weighted by molar-refractivity contribution is 9.12. The minimum atomic E-state index is 0.0377. The molecule has 102 valence electrons. The molecule has 2 unspecified atom stereocenters. The van der Waals surface area contributed by atoms with E-state index in [1.54, 1.807) is 0 Å². The van der Waals surface area contributed by atoms with Crippen LogP contribution in [0.15, 0.2) is 5.16 Å². The number of hydrogen-bond acceptors (Lipinski definition) is 3. The molecule has 2 N–H and O–H groups in total. The SMILES string of the molecule is CC(Br)(CBr)CNc1[nH]nc2[n+]1CC(C)(CBr)S2. The normalized spacial score (nSPS) is 25.8. The Balaban J connectivity index is 2.06. The average molecular weight is 464 g/mol. The molecule has 18 heavy (non-hydrogen) atoms. The van der Waals surface area contributed by atoms with Crippen LogP contribution in [0.3, 0.4) is 0 Å². The van der Waals surface area contributed by atoms with Crippen molar-refractivity contribution in [3.05, 3.63) is 0 Å². The summed E-state index contributed by atoms with van der Waals surface area (Å²) in [6.07, 6.45) is 0. The van der Waals surface area contributed by atoms with Crippen molar-refractivity contribution in [1.29, 1.82) is 0 Å². The van der Waals surface area contributed by atoms with E-state index in [0.717, 1.165) is 34.9 Å². The van der Waals surface area contributed by atoms with Gasteiger partial charge in [0.25, 0.3) is 0 Å². The molecule has 0 spiro atoms. The number of anilines is 1. The molecule has 0 amide bonds. The van der Waals surface area contributed by atoms with E-state index in [-0.39, 0.29) is 9.07 Å². The van der Waals surface area contributed by atoms with Gasteiger partial charge in [0, 0.05) is 15.8 Å². The van der Waals surface area contributed by atoms with Crippen molar-refractivity contribution >= 4 is 65.5 Å². The Morgan fingerprint density at radius 2 is 2.33 bits per heavy atom. The van der Waals surface area contributed by atoms with Gasteiger partial charge < -0.3 is 0 Å². The summed E-state index contributed by atoms with van der Waals surface area (Å²) in [6, 6.07) is 0. The van der Waals surface area contributed by atoms with Gasteiger partial charge in [0.1, 0.15) is 0 Å². The number of fused-ring (bicyclic) bond motifs is 1. The number of rotatable bonds is 5. The first kappa shape index (κ1) is 15.1. The number of aromatic nitrogens is 3. The summed E-state index contributed by atoms with van der Waals surface area (Å²) < 4.78 is 2.44. The number of hydrogen-bond donors (Lipinski definition) is 2. The largest absolute Gasteiger partial charge is 0.343 e. The number of nitrogens with one attached hydrogen (secondary N) is 2. The topological polar surface area (TPSA) is 44.6 Å². The number of H-pyrrole nitrogens is 1. The molecule has 0 saturated heterocycles. The molecule has 0 saturated carbocycles. The van der Waals surface area contributed by atoms with Gasteiger partial charge in [-0.05, 0) is 25.6 Å². The number of aromatic amines is 1. The van der Waals surface area contributed by atoms with Crippen molar-refractivity contribution in [2.45, 2.75) is 34.6 Å². The zero-order valence-electron chi connectivity index (χ0n) is 10.3. The van der Waals surface area contributed by atoms with Crippen molar-refractivity contribution in [2.75, 3.05) is 22.5 Å². The highest BCUT2D eigenvalue weighted by Crippen LogP contribution is 2.37. The van der Waals surface area contributed by atoms with Gasteiger partial charge in [-0.25, -0.2) is 4.57 Å². The van der Waals surface area contributed by atoms with Crippen LogP contribution in [0, 0.1) is 0 Å². The van der Waals surface area contributed by atoms with Crippen molar-refractivity contribution in [1.82, 2.24) is 10.2 Å². The van der Waals surface area contributed by atoms with Crippen LogP contribution in [0.1, 0.15) is 13.8 Å². The van der Waals surface area contributed by atoms with E-state index in [1.807, 2.05) is 11.8 Å². The molecule has 0 fully saturated rings. The average Bonchev–Trinajstić information content (AvgIpc) is 2.84. The smallest absolute Gasteiger partial charge is 0.293 e. The summed E-state index contributed by atoms with van der Waals surface area (Å²) in [7, 11) is 0. The maximum Gasteiger partial charge on any atom is 0.343 e. The van der Waals surface area contributed by atoms with E-state index in [2.05, 4.69) is 81.7 Å². The summed E-state index contributed by atoms with van der Waals surface area (Å²) in [5.74, 6) is 0.980. The predicted molar refractivity (Wildman–Crippen MR) is 86.5 cm³/mol. The fraction of sp³-hybridized carbons (Fsp3) is 0.800. The van der Waals surface area contributed by atoms with Gasteiger partial charge in [-0.1, -0.05) is 47.8 Å². The van der Waals surface area contributed by atoms with E-state index in [1.165, 1.54) is 0 Å². The lowest BCUT2D eigenvalue weighted by atomic mass is 10.2. The van der Waals surface area contributed by atoms with Crippen LogP contribution in [-0.4, -0.2) is 36.5 Å². The van der Waals surface area contributed by atoms with Gasteiger partial charge in [0.05, 0.1) is 22.2 Å². The predicted octanol–water partition coefficient (Wildman–Crippen LogP) is 2.92. The minimum Gasteiger partial charge on any atom is -0.293 e. The lowest BCUT2D eigenvalue weighted by Gasteiger charge is -2.18. The third-order valence-corrected chi connectivity index (χ3v) is 8.19. The fourth-order valence-corrected chi connectivity index (χ4v) is 3.55. The van der Waals surface area contributed by atoms with E-state index in [4.69, 9.17) is 0 Å². The lowest BCUT2D eigenvalue weighted by Crippen LogP contribution is -2.42. The van der Waals surface area contributed by atoms with Gasteiger partial charge in [-0.2, -0.15) is 0 Å². The molecule has 8 heteroatoms. The van der Waals surface area contributed by atoms with Gasteiger partial charge >= 0.3 is 11.1 Å². The minimum absolute atomic E-state index is 0.0377. The summed E-state index contributed by atoms with van der Waals surface area (Å²) in [4.78, 5) is 0. The third-order valence-electron chi connectivity index (χ3n) is 2.77. The van der Waals surface area contributed by atoms with Crippen molar-refractivity contribution in [3.63, 3.8) is 0 Å². The summed E-state index contributed by atoms with van der Waals surface area (Å²) in [6.45, 7) is 6.19. The highest BCUT2D eigenvalue weighted by atomic mass is 79.9. The molecular formula is C10H16Br3N4S+. The second-order valence-corrected chi connectivity index (χ2v) is 9.62. The zero-order chi connectivity index (χ0) is 13.4. The molecule has 4 nitrogen and oxygen atoms in total. The Kier molecular flexibility index (Phi) is 4.72. The van der Waals surface area contributed by atoms with Crippen LogP contribution < -0.4 is 9.88 Å². The quantitative estimate of drug-likeness (QED) is 0.521. The van der Waals surface area contributed by atoms with Gasteiger partial charge in [-0.3, -0.25) is 5.32 Å². The van der Waals surface area contributed by atoms with E-state index < -0.39 is 0 Å². The molecule has 1 aliphatic rings. The van der Waals surface area contributed by atoms with Crippen LogP contribution in [0.4, 0.5) is 5.95 Å². The lowest BCUT2D eigenvalue weighted by molar-refractivity contribution is -0.715. The van der Waals surface area contributed by atoms with Gasteiger partial charge in [0.2, 0.25) is 0 Å². The first-order valence-corrected chi connectivity index (χ1v) is 9.46. The molecule has 1 aromatic rings. The Hall–Kier alpha value is 0.730. The Bertz CT molecular complexity index is 437. The molecular weight excluding hydrogens is 448 g/mol. The Morgan fingerprint density at radius 3 is 2.94 bits per heavy atom. The van der Waals surface area contributed by atoms with Gasteiger partial charge in [0.15, 0.2) is 0 Å². The standard InChI is InChI=1S/C10H15Br3N4S/c1-9(13,3-11)5-14-7-15-16-8-17(7)6-10(2,4-12)18-8/h3-6H2,1-2H3,(H,14,15)/p+1. The van der Waals surface area contributed by atoms with Crippen LogP contribution >= 0.6 is 59.6 Å². The maximum absolute atomic E-state index is 4.36. The molecule has 1 aromatic heterocycles. The number of alkyl halides is 3. The van der Waals surface area contributed by atoms with E-state index >= 15 is 0 Å². The second-order valence-electron chi connectivity index (χ2n) is 5.03. The summed E-state index contributed by atoms with van der Waals surface area (Å²) in [5, 5.41) is 13.7. The van der Waals surface area contributed by atoms with E-state index in [9.17, 15) is 0 Å². The zero-order valence-corrected chi connectivity index (χ0v) is 15.8. The van der Waals surface area contributed by atoms with Crippen LogP contribution in [0.25, 0.3) is 0 Å². The molecule has 0 aromatic carbocycles. The second kappa shape index (κ2) is 5.61.